The minimum Gasteiger partial charge on any atom is -0.487 e. The number of hydrogen-bond acceptors (Lipinski definition) is 6. The second kappa shape index (κ2) is 7.05. The van der Waals surface area contributed by atoms with Crippen LogP contribution in [0.2, 0.25) is 0 Å². The fourth-order valence-corrected chi connectivity index (χ4v) is 4.01. The maximum atomic E-state index is 11.7. The minimum atomic E-state index is -3.72. The van der Waals surface area contributed by atoms with Gasteiger partial charge in [0.15, 0.2) is 0 Å². The topological polar surface area (TPSA) is 116 Å². The molecule has 10 heteroatoms. The average Bonchev–Trinajstić information content (AvgIpc) is 2.35. The molecule has 0 saturated heterocycles. The highest BCUT2D eigenvalue weighted by Gasteiger charge is 2.14. The van der Waals surface area contributed by atoms with Gasteiger partial charge in [-0.3, -0.25) is 4.72 Å². The van der Waals surface area contributed by atoms with Crippen LogP contribution in [-0.2, 0) is 19.9 Å². The molecule has 7 nitrogen and oxygen atoms in total. The van der Waals surface area contributed by atoms with E-state index in [0.29, 0.717) is 11.4 Å². The molecule has 3 N–H and O–H groups in total. The number of nitrogens with two attached hydrogens (primary N) is 1. The van der Waals surface area contributed by atoms with E-state index in [0.717, 1.165) is 6.26 Å². The molecule has 1 aromatic carbocycles. The fraction of sp³-hybridized carbons (Fsp3) is 0.364. The second-order valence-electron chi connectivity index (χ2n) is 4.33. The molecule has 1 rings (SSSR count). The Balaban J connectivity index is 2.64. The van der Waals surface area contributed by atoms with Gasteiger partial charge in [0.05, 0.1) is 11.5 Å². The number of ether oxygens (including phenoxy) is 1. The van der Waals surface area contributed by atoms with Gasteiger partial charge in [-0.1, -0.05) is 12.2 Å². The van der Waals surface area contributed by atoms with Gasteiger partial charge < -0.3 is 10.5 Å². The molecule has 21 heavy (non-hydrogen) atoms. The molecule has 1 aromatic rings. The van der Waals surface area contributed by atoms with Gasteiger partial charge in [0.2, 0.25) is 10.0 Å². The zero-order chi connectivity index (χ0) is 16.1. The lowest BCUT2D eigenvalue weighted by molar-refractivity contribution is 0.377. The number of sulfonamides is 1. The van der Waals surface area contributed by atoms with Crippen LogP contribution in [0.15, 0.2) is 24.3 Å². The Kier molecular flexibility index (Phi) is 5.93. The van der Waals surface area contributed by atoms with E-state index in [4.69, 9.17) is 10.5 Å². The van der Waals surface area contributed by atoms with E-state index < -0.39 is 31.4 Å². The van der Waals surface area contributed by atoms with Gasteiger partial charge >= 0.3 is 0 Å². The van der Waals surface area contributed by atoms with Gasteiger partial charge in [-0.2, -0.15) is 0 Å². The van der Waals surface area contributed by atoms with E-state index in [2.05, 4.69) is 16.9 Å². The number of hydrogen-bond donors (Lipinski definition) is 2. The summed E-state index contributed by atoms with van der Waals surface area (Å²) in [5, 5.41) is 0. The number of rotatable bonds is 8. The Morgan fingerprint density at radius 3 is 2.24 bits per heavy atom. The molecule has 0 unspecified atom stereocenters. The van der Waals surface area contributed by atoms with Crippen molar-refractivity contribution in [1.82, 2.24) is 0 Å². The summed E-state index contributed by atoms with van der Waals surface area (Å²) in [7, 11) is -7.05. The number of thiocarbonyl (C=S) groups is 1. The van der Waals surface area contributed by atoms with Gasteiger partial charge in [0.1, 0.15) is 27.2 Å². The summed E-state index contributed by atoms with van der Waals surface area (Å²) in [6.07, 6.45) is 0.983. The predicted octanol–water partition coefficient (Wildman–Crippen LogP) is 0.138. The lowest BCUT2D eigenvalue weighted by Gasteiger charge is -2.09. The van der Waals surface area contributed by atoms with Crippen molar-refractivity contribution in [3.8, 4) is 5.75 Å². The van der Waals surface area contributed by atoms with Crippen molar-refractivity contribution < 1.29 is 21.6 Å². The van der Waals surface area contributed by atoms with Crippen LogP contribution >= 0.6 is 12.2 Å². The lowest BCUT2D eigenvalue weighted by atomic mass is 10.3. The third-order valence-corrected chi connectivity index (χ3v) is 4.84. The highest BCUT2D eigenvalue weighted by molar-refractivity contribution is 7.95. The summed E-state index contributed by atoms with van der Waals surface area (Å²) in [5.74, 6) is -0.440. The molecular weight excluding hydrogens is 336 g/mol. The van der Waals surface area contributed by atoms with Crippen LogP contribution in [0.1, 0.15) is 0 Å². The summed E-state index contributed by atoms with van der Waals surface area (Å²) in [5.41, 5.74) is 5.60. The molecule has 0 aliphatic rings. The average molecular weight is 352 g/mol. The molecule has 0 fully saturated rings. The first-order chi connectivity index (χ1) is 9.57. The molecular formula is C11H16N2O5S3. The maximum absolute atomic E-state index is 11.7. The zero-order valence-corrected chi connectivity index (χ0v) is 13.7. The van der Waals surface area contributed by atoms with Crippen molar-refractivity contribution in [2.45, 2.75) is 0 Å². The van der Waals surface area contributed by atoms with Crippen LogP contribution in [0.5, 0.6) is 5.75 Å². The predicted molar refractivity (Wildman–Crippen MR) is 85.8 cm³/mol. The molecule has 0 heterocycles. The first-order valence-electron chi connectivity index (χ1n) is 5.77. The Labute approximate surface area is 129 Å². The van der Waals surface area contributed by atoms with Crippen molar-refractivity contribution in [3.05, 3.63) is 24.3 Å². The van der Waals surface area contributed by atoms with Crippen LogP contribution in [0, 0.1) is 0 Å². The zero-order valence-electron chi connectivity index (χ0n) is 11.3. The number of sulfone groups is 1. The van der Waals surface area contributed by atoms with E-state index in [-0.39, 0.29) is 11.6 Å². The molecule has 0 radical (unpaired) electrons. The highest BCUT2D eigenvalue weighted by atomic mass is 32.2. The van der Waals surface area contributed by atoms with Gasteiger partial charge in [-0.25, -0.2) is 16.8 Å². The SMILES string of the molecule is CS(=O)(=O)CCS(=O)(=O)Nc1ccc(OCC(N)=S)cc1. The normalized spacial score (nSPS) is 11.9. The van der Waals surface area contributed by atoms with Crippen LogP contribution in [0.25, 0.3) is 0 Å². The first-order valence-corrected chi connectivity index (χ1v) is 9.89. The quantitative estimate of drug-likeness (QED) is 0.639. The molecule has 0 spiro atoms. The van der Waals surface area contributed by atoms with Crippen LogP contribution in [0.4, 0.5) is 5.69 Å². The van der Waals surface area contributed by atoms with Crippen LogP contribution in [0.3, 0.4) is 0 Å². The fourth-order valence-electron chi connectivity index (χ4n) is 1.27. The molecule has 0 saturated carbocycles. The van der Waals surface area contributed by atoms with E-state index in [1.165, 1.54) is 12.1 Å². The first kappa shape index (κ1) is 17.7. The minimum absolute atomic E-state index is 0.0920. The standard InChI is InChI=1S/C11H16N2O5S3/c1-20(14,15)6-7-21(16,17)13-9-2-4-10(5-3-9)18-8-11(12)19/h2-5,13H,6-8H2,1H3,(H2,12,19). The van der Waals surface area contributed by atoms with Crippen molar-refractivity contribution in [1.29, 1.82) is 0 Å². The summed E-state index contributed by atoms with van der Waals surface area (Å²) in [6, 6.07) is 6.08. The second-order valence-corrected chi connectivity index (χ2v) is 8.96. The molecule has 0 aromatic heterocycles. The van der Waals surface area contributed by atoms with Crippen molar-refractivity contribution in [2.75, 3.05) is 29.1 Å². The Hall–Kier alpha value is -1.39. The van der Waals surface area contributed by atoms with Gasteiger partial charge in [-0.05, 0) is 24.3 Å². The van der Waals surface area contributed by atoms with Gasteiger partial charge in [0.25, 0.3) is 0 Å². The van der Waals surface area contributed by atoms with E-state index in [9.17, 15) is 16.8 Å². The highest BCUT2D eigenvalue weighted by Crippen LogP contribution is 2.16. The van der Waals surface area contributed by atoms with Crippen molar-refractivity contribution >= 4 is 42.8 Å². The van der Waals surface area contributed by atoms with Crippen LogP contribution in [-0.4, -0.2) is 46.2 Å². The van der Waals surface area contributed by atoms with Crippen molar-refractivity contribution in [3.63, 3.8) is 0 Å². The molecule has 0 aliphatic heterocycles. The summed E-state index contributed by atoms with van der Waals surface area (Å²) >= 11 is 4.66. The Bertz CT molecular complexity index is 696. The monoisotopic (exact) mass is 352 g/mol. The smallest absolute Gasteiger partial charge is 0.233 e. The van der Waals surface area contributed by atoms with Crippen molar-refractivity contribution in [2.24, 2.45) is 5.73 Å². The van der Waals surface area contributed by atoms with Gasteiger partial charge in [-0.15, -0.1) is 0 Å². The van der Waals surface area contributed by atoms with E-state index in [1.54, 1.807) is 12.1 Å². The summed E-state index contributed by atoms with van der Waals surface area (Å²) in [4.78, 5) is 0.209. The molecule has 0 bridgehead atoms. The summed E-state index contributed by atoms with van der Waals surface area (Å²) in [6.45, 7) is 0.0920. The Morgan fingerprint density at radius 1 is 1.19 bits per heavy atom. The van der Waals surface area contributed by atoms with E-state index >= 15 is 0 Å². The number of nitrogens with one attached hydrogen (secondary N) is 1. The number of anilines is 1. The number of benzene rings is 1. The largest absolute Gasteiger partial charge is 0.487 e. The molecule has 0 amide bonds. The lowest BCUT2D eigenvalue weighted by Crippen LogP contribution is -2.22. The Morgan fingerprint density at radius 2 is 1.76 bits per heavy atom. The summed E-state index contributed by atoms with van der Waals surface area (Å²) < 4.78 is 52.9. The van der Waals surface area contributed by atoms with Crippen LogP contribution < -0.4 is 15.2 Å². The third-order valence-electron chi connectivity index (χ3n) is 2.23. The van der Waals surface area contributed by atoms with E-state index in [1.807, 2.05) is 0 Å². The van der Waals surface area contributed by atoms with Gasteiger partial charge in [0, 0.05) is 11.9 Å². The third kappa shape index (κ3) is 7.83. The molecule has 118 valence electrons. The molecule has 0 aliphatic carbocycles. The maximum Gasteiger partial charge on any atom is 0.233 e. The molecule has 0 atom stereocenters.